The summed E-state index contributed by atoms with van der Waals surface area (Å²) in [6.07, 6.45) is 2.89. The van der Waals surface area contributed by atoms with Crippen molar-refractivity contribution in [1.82, 2.24) is 14.9 Å². The van der Waals surface area contributed by atoms with Crippen molar-refractivity contribution in [3.63, 3.8) is 0 Å². The minimum atomic E-state index is -0.405. The summed E-state index contributed by atoms with van der Waals surface area (Å²) in [6.45, 7) is 2.42. The molecule has 11 nitrogen and oxygen atoms in total. The van der Waals surface area contributed by atoms with Crippen LogP contribution >= 0.6 is 12.4 Å². The van der Waals surface area contributed by atoms with E-state index in [-0.39, 0.29) is 24.0 Å². The Hall–Kier alpha value is -3.86. The highest BCUT2D eigenvalue weighted by molar-refractivity contribution is 5.91. The van der Waals surface area contributed by atoms with Crippen molar-refractivity contribution in [2.24, 2.45) is 0 Å². The molecule has 0 radical (unpaired) electrons. The van der Waals surface area contributed by atoms with Gasteiger partial charge < -0.3 is 25.0 Å². The number of nitro benzene ring substituents is 1. The highest BCUT2D eigenvalue weighted by Crippen LogP contribution is 2.34. The third-order valence-corrected chi connectivity index (χ3v) is 6.39. The molecule has 1 fully saturated rings. The molecule has 0 spiro atoms. The minimum absolute atomic E-state index is 0. The van der Waals surface area contributed by atoms with E-state index in [4.69, 9.17) is 15.2 Å². The number of nitro groups is 1. The van der Waals surface area contributed by atoms with E-state index in [0.717, 1.165) is 24.8 Å². The number of methoxy groups -OCH3 is 2. The summed E-state index contributed by atoms with van der Waals surface area (Å²) in [7, 11) is 3.13. The van der Waals surface area contributed by atoms with Crippen molar-refractivity contribution < 1.29 is 19.2 Å². The van der Waals surface area contributed by atoms with Gasteiger partial charge in [-0.15, -0.1) is 12.4 Å². The third-order valence-electron chi connectivity index (χ3n) is 6.39. The van der Waals surface area contributed by atoms with E-state index >= 15 is 0 Å². The largest absolute Gasteiger partial charge is 0.493 e. The summed E-state index contributed by atoms with van der Waals surface area (Å²) >= 11 is 0. The number of nitrogens with two attached hydrogens (primary N) is 1. The number of ether oxygens (including phenoxy) is 2. The van der Waals surface area contributed by atoms with Crippen LogP contribution in [0.2, 0.25) is 0 Å². The normalized spacial score (nSPS) is 13.2. The summed E-state index contributed by atoms with van der Waals surface area (Å²) in [4.78, 5) is 36.1. The predicted molar refractivity (Wildman–Crippen MR) is 144 cm³/mol. The Morgan fingerprint density at radius 1 is 1.03 bits per heavy atom. The van der Waals surface area contributed by atoms with Crippen LogP contribution in [0.25, 0.3) is 10.9 Å². The number of aromatic nitrogens is 2. The van der Waals surface area contributed by atoms with E-state index in [1.54, 1.807) is 38.5 Å². The molecule has 0 saturated carbocycles. The van der Waals surface area contributed by atoms with Gasteiger partial charge in [0, 0.05) is 56.2 Å². The summed E-state index contributed by atoms with van der Waals surface area (Å²) in [5, 5.41) is 11.4. The molecule has 37 heavy (non-hydrogen) atoms. The topological polar surface area (TPSA) is 137 Å². The molecule has 0 atom stereocenters. The number of halogens is 1. The second kappa shape index (κ2) is 12.4. The standard InChI is InChI=1S/C25H30N6O5.ClH/c1-35-21-15-19-20(16-22(21)36-2)27-25(28-24(19)26)30-13-11-29(12-14-30)23(32)6-4-3-5-17-7-9-18(10-8-17)31(33)34;/h7-10,15-16H,3-6,11-14H2,1-2H3,(H2,26,27,28);1H. The molecular weight excluding hydrogens is 500 g/mol. The van der Waals surface area contributed by atoms with Gasteiger partial charge in [0.25, 0.3) is 5.69 Å². The Bertz CT molecular complexity index is 1250. The number of carbonyl (C=O) groups is 1. The van der Waals surface area contributed by atoms with Crippen LogP contribution < -0.4 is 20.1 Å². The highest BCUT2D eigenvalue weighted by atomic mass is 35.5. The first-order valence-corrected chi connectivity index (χ1v) is 11.8. The Labute approximate surface area is 221 Å². The van der Waals surface area contributed by atoms with Crippen molar-refractivity contribution in [2.45, 2.75) is 25.7 Å². The monoisotopic (exact) mass is 530 g/mol. The third kappa shape index (κ3) is 6.48. The minimum Gasteiger partial charge on any atom is -0.493 e. The maximum Gasteiger partial charge on any atom is 0.269 e. The molecule has 0 aliphatic carbocycles. The highest BCUT2D eigenvalue weighted by Gasteiger charge is 2.23. The Balaban J connectivity index is 0.00000380. The maximum atomic E-state index is 12.7. The molecule has 1 aliphatic heterocycles. The summed E-state index contributed by atoms with van der Waals surface area (Å²) in [5.41, 5.74) is 8.01. The van der Waals surface area contributed by atoms with Crippen molar-refractivity contribution in [1.29, 1.82) is 0 Å². The van der Waals surface area contributed by atoms with E-state index in [0.29, 0.717) is 66.8 Å². The summed E-state index contributed by atoms with van der Waals surface area (Å²) in [6, 6.07) is 10.1. The number of hydrogen-bond donors (Lipinski definition) is 1. The first-order valence-electron chi connectivity index (χ1n) is 11.8. The summed E-state index contributed by atoms with van der Waals surface area (Å²) in [5.74, 6) is 2.16. The lowest BCUT2D eigenvalue weighted by molar-refractivity contribution is -0.384. The van der Waals surface area contributed by atoms with Crippen LogP contribution in [0.3, 0.4) is 0 Å². The van der Waals surface area contributed by atoms with Gasteiger partial charge in [-0.2, -0.15) is 4.98 Å². The number of carbonyl (C=O) groups excluding carboxylic acids is 1. The lowest BCUT2D eigenvalue weighted by atomic mass is 10.1. The van der Waals surface area contributed by atoms with Crippen LogP contribution in [-0.2, 0) is 11.2 Å². The molecule has 12 heteroatoms. The average molecular weight is 531 g/mol. The Morgan fingerprint density at radius 3 is 2.30 bits per heavy atom. The van der Waals surface area contributed by atoms with Crippen molar-refractivity contribution in [3.05, 3.63) is 52.1 Å². The molecule has 0 bridgehead atoms. The number of anilines is 2. The number of nitrogen functional groups attached to an aromatic ring is 1. The lowest BCUT2D eigenvalue weighted by Gasteiger charge is -2.35. The quantitative estimate of drug-likeness (QED) is 0.250. The van der Waals surface area contributed by atoms with Crippen LogP contribution in [0.5, 0.6) is 11.5 Å². The van der Waals surface area contributed by atoms with Gasteiger partial charge in [-0.05, 0) is 30.9 Å². The van der Waals surface area contributed by atoms with Crippen LogP contribution in [0.4, 0.5) is 17.5 Å². The number of benzene rings is 2. The smallest absolute Gasteiger partial charge is 0.269 e. The molecule has 2 heterocycles. The number of rotatable bonds is 9. The van der Waals surface area contributed by atoms with Crippen LogP contribution in [-0.4, -0.2) is 66.1 Å². The SMILES string of the molecule is COc1cc2nc(N3CCN(C(=O)CCCCc4ccc([N+](=O)[O-])cc4)CC3)nc(N)c2cc1OC.Cl. The second-order valence-electron chi connectivity index (χ2n) is 8.63. The fourth-order valence-corrected chi connectivity index (χ4v) is 4.31. The molecule has 1 aromatic heterocycles. The van der Waals surface area contributed by atoms with Gasteiger partial charge in [0.2, 0.25) is 11.9 Å². The average Bonchev–Trinajstić information content (AvgIpc) is 2.90. The van der Waals surface area contributed by atoms with Gasteiger partial charge in [0.15, 0.2) is 11.5 Å². The number of nitrogens with zero attached hydrogens (tertiary/aromatic N) is 5. The first-order chi connectivity index (χ1) is 17.4. The number of non-ortho nitro benzene ring substituents is 1. The van der Waals surface area contributed by atoms with Crippen molar-refractivity contribution in [3.8, 4) is 11.5 Å². The number of piperazine rings is 1. The molecule has 1 aliphatic rings. The number of amides is 1. The van der Waals surface area contributed by atoms with Gasteiger partial charge >= 0.3 is 0 Å². The first kappa shape index (κ1) is 27.7. The van der Waals surface area contributed by atoms with Crippen molar-refractivity contribution in [2.75, 3.05) is 51.0 Å². The number of fused-ring (bicyclic) bond motifs is 1. The van der Waals surface area contributed by atoms with Gasteiger partial charge in [0.1, 0.15) is 5.82 Å². The van der Waals surface area contributed by atoms with Crippen LogP contribution in [0.1, 0.15) is 24.8 Å². The van der Waals surface area contributed by atoms with E-state index < -0.39 is 4.92 Å². The van der Waals surface area contributed by atoms with Crippen LogP contribution in [0.15, 0.2) is 36.4 Å². The van der Waals surface area contributed by atoms with E-state index in [9.17, 15) is 14.9 Å². The molecule has 4 rings (SSSR count). The number of unbranched alkanes of at least 4 members (excludes halogenated alkanes) is 1. The van der Waals surface area contributed by atoms with Gasteiger partial charge in [0.05, 0.1) is 24.7 Å². The molecular formula is C25H31ClN6O5. The van der Waals surface area contributed by atoms with Gasteiger partial charge in [-0.25, -0.2) is 4.98 Å². The van der Waals surface area contributed by atoms with E-state index in [1.165, 1.54) is 12.1 Å². The van der Waals surface area contributed by atoms with Gasteiger partial charge in [-0.1, -0.05) is 12.1 Å². The predicted octanol–water partition coefficient (Wildman–Crippen LogP) is 3.62. The molecule has 1 amide bonds. The number of aryl methyl sites for hydroxylation is 1. The van der Waals surface area contributed by atoms with Crippen LogP contribution in [0, 0.1) is 10.1 Å². The van der Waals surface area contributed by atoms with E-state index in [1.807, 2.05) is 9.80 Å². The Kier molecular flexibility index (Phi) is 9.29. The zero-order valence-electron chi connectivity index (χ0n) is 20.9. The zero-order valence-corrected chi connectivity index (χ0v) is 21.7. The Morgan fingerprint density at radius 2 is 1.68 bits per heavy atom. The molecule has 0 unspecified atom stereocenters. The molecule has 2 N–H and O–H groups in total. The summed E-state index contributed by atoms with van der Waals surface area (Å²) < 4.78 is 10.7. The molecule has 1 saturated heterocycles. The molecule has 198 valence electrons. The molecule has 3 aromatic rings. The fourth-order valence-electron chi connectivity index (χ4n) is 4.31. The van der Waals surface area contributed by atoms with E-state index in [2.05, 4.69) is 9.97 Å². The maximum absolute atomic E-state index is 12.7. The molecule has 2 aromatic carbocycles. The van der Waals surface area contributed by atoms with Gasteiger partial charge in [-0.3, -0.25) is 14.9 Å². The lowest BCUT2D eigenvalue weighted by Crippen LogP contribution is -2.49. The number of hydrogen-bond acceptors (Lipinski definition) is 9. The fraction of sp³-hybridized carbons (Fsp3) is 0.400. The second-order valence-corrected chi connectivity index (χ2v) is 8.63. The zero-order chi connectivity index (χ0) is 25.7. The van der Waals surface area contributed by atoms with Crippen molar-refractivity contribution >= 4 is 46.7 Å².